The summed E-state index contributed by atoms with van der Waals surface area (Å²) < 4.78 is 4.77. The summed E-state index contributed by atoms with van der Waals surface area (Å²) in [5, 5.41) is 1.48. The lowest BCUT2D eigenvalue weighted by atomic mass is 10.1. The largest absolute Gasteiger partial charge is 0.469 e. The van der Waals surface area contributed by atoms with Gasteiger partial charge in [-0.2, -0.15) is 0 Å². The van der Waals surface area contributed by atoms with Crippen molar-refractivity contribution < 1.29 is 19.1 Å². The molecule has 4 aromatic carbocycles. The number of carbonyl (C=O) groups is 3. The summed E-state index contributed by atoms with van der Waals surface area (Å²) in [7, 11) is 1.38. The summed E-state index contributed by atoms with van der Waals surface area (Å²) in [6.07, 6.45) is 4.18. The number of nitrogens with zero attached hydrogens (tertiary/aromatic N) is 2. The number of hydrogen-bond donors (Lipinski definition) is 0. The van der Waals surface area contributed by atoms with Gasteiger partial charge in [-0.1, -0.05) is 90.5 Å². The van der Waals surface area contributed by atoms with E-state index in [2.05, 4.69) is 6.07 Å². The number of halogens is 1. The van der Waals surface area contributed by atoms with Crippen molar-refractivity contribution >= 4 is 64.2 Å². The van der Waals surface area contributed by atoms with Crippen LogP contribution in [0, 0.1) is 0 Å². The number of carbonyl (C=O) groups excluding carboxylic acids is 3. The summed E-state index contributed by atoms with van der Waals surface area (Å²) in [6.45, 7) is 0.234. The fourth-order valence-corrected chi connectivity index (χ4v) is 6.60. The second-order valence-electron chi connectivity index (χ2n) is 10.7. The molecule has 0 saturated carbocycles. The van der Waals surface area contributed by atoms with Crippen LogP contribution in [0.1, 0.15) is 53.9 Å². The van der Waals surface area contributed by atoms with E-state index in [9.17, 15) is 14.4 Å². The third-order valence-electron chi connectivity index (χ3n) is 7.68. The molecule has 1 aromatic heterocycles. The van der Waals surface area contributed by atoms with Crippen molar-refractivity contribution in [3.05, 3.63) is 147 Å². The van der Waals surface area contributed by atoms with E-state index in [1.54, 1.807) is 36.0 Å². The Labute approximate surface area is 270 Å². The number of methoxy groups -OCH3 is 1. The van der Waals surface area contributed by atoms with Gasteiger partial charge in [0.2, 0.25) is 0 Å². The van der Waals surface area contributed by atoms with Gasteiger partial charge in [0.15, 0.2) is 0 Å². The van der Waals surface area contributed by atoms with E-state index in [0.717, 1.165) is 38.9 Å². The van der Waals surface area contributed by atoms with Crippen LogP contribution in [0.3, 0.4) is 0 Å². The average Bonchev–Trinajstić information content (AvgIpc) is 3.30. The summed E-state index contributed by atoms with van der Waals surface area (Å²) in [4.78, 5) is 44.3. The van der Waals surface area contributed by atoms with Gasteiger partial charge in [0.05, 0.1) is 35.9 Å². The van der Waals surface area contributed by atoms with E-state index >= 15 is 0 Å². The van der Waals surface area contributed by atoms with Crippen LogP contribution in [0.5, 0.6) is 0 Å². The van der Waals surface area contributed by atoms with E-state index in [-0.39, 0.29) is 36.0 Å². The van der Waals surface area contributed by atoms with Crippen LogP contribution in [0.25, 0.3) is 23.1 Å². The third kappa shape index (κ3) is 7.00. The molecule has 2 heterocycles. The number of thioether (sulfide) groups is 1. The van der Waals surface area contributed by atoms with Gasteiger partial charge >= 0.3 is 5.97 Å². The van der Waals surface area contributed by atoms with E-state index in [0.29, 0.717) is 21.9 Å². The summed E-state index contributed by atoms with van der Waals surface area (Å²) >= 11 is 7.83. The first-order valence-electron chi connectivity index (χ1n) is 14.4. The fourth-order valence-electron chi connectivity index (χ4n) is 5.26. The molecule has 0 aliphatic carbocycles. The maximum Gasteiger partial charge on any atom is 0.309 e. The first kappa shape index (κ1) is 30.3. The first-order valence-corrected chi connectivity index (χ1v) is 15.9. The molecule has 5 aromatic rings. The number of pyridine rings is 1. The molecule has 6 nitrogen and oxygen atoms in total. The van der Waals surface area contributed by atoms with Crippen LogP contribution in [0.15, 0.2) is 103 Å². The number of benzene rings is 4. The second kappa shape index (κ2) is 13.5. The van der Waals surface area contributed by atoms with Gasteiger partial charge in [-0.3, -0.25) is 19.3 Å². The number of rotatable bonds is 10. The smallest absolute Gasteiger partial charge is 0.309 e. The van der Waals surface area contributed by atoms with Gasteiger partial charge in [-0.25, -0.2) is 4.98 Å². The molecule has 0 N–H and O–H groups in total. The highest BCUT2D eigenvalue weighted by Gasteiger charge is 2.36. The molecule has 8 heteroatoms. The van der Waals surface area contributed by atoms with E-state index in [4.69, 9.17) is 21.3 Å². The maximum absolute atomic E-state index is 13.3. The summed E-state index contributed by atoms with van der Waals surface area (Å²) in [5.74, 6) is -0.178. The van der Waals surface area contributed by atoms with Crippen LogP contribution < -0.4 is 0 Å². The van der Waals surface area contributed by atoms with Crippen molar-refractivity contribution in [3.63, 3.8) is 0 Å². The van der Waals surface area contributed by atoms with Crippen molar-refractivity contribution in [2.24, 2.45) is 0 Å². The van der Waals surface area contributed by atoms with E-state index in [1.165, 1.54) is 12.0 Å². The molecule has 1 unspecified atom stereocenters. The van der Waals surface area contributed by atoms with Crippen LogP contribution >= 0.6 is 23.4 Å². The molecule has 2 amide bonds. The topological polar surface area (TPSA) is 76.6 Å². The molecule has 45 heavy (non-hydrogen) atoms. The lowest BCUT2D eigenvalue weighted by Crippen LogP contribution is -2.33. The van der Waals surface area contributed by atoms with Crippen molar-refractivity contribution in [1.82, 2.24) is 9.88 Å². The Bertz CT molecular complexity index is 1900. The Morgan fingerprint density at radius 2 is 1.58 bits per heavy atom. The molecule has 1 atom stereocenters. The molecule has 1 aliphatic rings. The Hall–Kier alpha value is -4.72. The lowest BCUT2D eigenvalue weighted by molar-refractivity contribution is -0.139. The molecule has 0 radical (unpaired) electrons. The minimum Gasteiger partial charge on any atom is -0.469 e. The number of esters is 1. The number of amides is 2. The molecule has 0 bridgehead atoms. The highest BCUT2D eigenvalue weighted by atomic mass is 35.5. The zero-order valence-electron chi connectivity index (χ0n) is 24.5. The van der Waals surface area contributed by atoms with Gasteiger partial charge in [0, 0.05) is 28.0 Å². The van der Waals surface area contributed by atoms with Gasteiger partial charge in [0.1, 0.15) is 0 Å². The Balaban J connectivity index is 1.24. The Morgan fingerprint density at radius 3 is 2.31 bits per heavy atom. The number of imide groups is 1. The van der Waals surface area contributed by atoms with Crippen molar-refractivity contribution in [1.29, 1.82) is 0 Å². The van der Waals surface area contributed by atoms with Gasteiger partial charge < -0.3 is 4.74 Å². The van der Waals surface area contributed by atoms with Crippen molar-refractivity contribution in [2.45, 2.75) is 17.4 Å². The van der Waals surface area contributed by atoms with Crippen molar-refractivity contribution in [3.8, 4) is 0 Å². The number of fused-ring (bicyclic) bond motifs is 2. The van der Waals surface area contributed by atoms with E-state index in [1.807, 2.05) is 84.9 Å². The molecule has 0 fully saturated rings. The number of ether oxygens (including phenoxy) is 1. The van der Waals surface area contributed by atoms with Crippen LogP contribution in [0.4, 0.5) is 0 Å². The predicted octanol–water partition coefficient (Wildman–Crippen LogP) is 8.04. The predicted molar refractivity (Wildman–Crippen MR) is 180 cm³/mol. The molecular weight excluding hydrogens is 604 g/mol. The average molecular weight is 633 g/mol. The summed E-state index contributed by atoms with van der Waals surface area (Å²) in [6, 6.07) is 32.5. The highest BCUT2D eigenvalue weighted by molar-refractivity contribution is 7.98. The molecule has 0 spiro atoms. The molecule has 1 aliphatic heterocycles. The first-order chi connectivity index (χ1) is 21.9. The van der Waals surface area contributed by atoms with Crippen LogP contribution in [-0.4, -0.2) is 41.3 Å². The minimum absolute atomic E-state index is 0.184. The second-order valence-corrected chi connectivity index (χ2v) is 12.3. The SMILES string of the molecule is COC(=O)Cc1ccc(CSC(CN2C(=O)c3ccccc3C2=O)c2cccc(/C=C/c3ccc4ccc(Cl)cc4n3)c2)cc1. The fraction of sp³-hybridized carbons (Fsp3) is 0.135. The standard InChI is InChI=1S/C37H29ClN2O4S/c1-44-35(41)20-25-9-11-26(12-10-25)23-45-34(22-40-36(42)31-7-2-3-8-32(31)37(40)43)28-6-4-5-24(19-28)13-17-30-18-15-27-14-16-29(38)21-33(27)39-30/h2-19,21,34H,20,22-23H2,1H3/b17-13+. The summed E-state index contributed by atoms with van der Waals surface area (Å²) in [5.41, 5.74) is 6.43. The molecule has 6 rings (SSSR count). The monoisotopic (exact) mass is 632 g/mol. The number of aromatic nitrogens is 1. The minimum atomic E-state index is -0.284. The maximum atomic E-state index is 13.3. The Kier molecular flexibility index (Phi) is 9.10. The lowest BCUT2D eigenvalue weighted by Gasteiger charge is -2.23. The number of hydrogen-bond acceptors (Lipinski definition) is 6. The van der Waals surface area contributed by atoms with Crippen LogP contribution in [0.2, 0.25) is 5.02 Å². The zero-order valence-corrected chi connectivity index (χ0v) is 26.1. The molecular formula is C37H29ClN2O4S. The normalized spacial score (nSPS) is 13.4. The molecule has 224 valence electrons. The van der Waals surface area contributed by atoms with E-state index < -0.39 is 0 Å². The highest BCUT2D eigenvalue weighted by Crippen LogP contribution is 2.36. The van der Waals surface area contributed by atoms with Crippen LogP contribution in [-0.2, 0) is 21.7 Å². The Morgan fingerprint density at radius 1 is 0.867 bits per heavy atom. The van der Waals surface area contributed by atoms with Gasteiger partial charge in [-0.15, -0.1) is 11.8 Å². The van der Waals surface area contributed by atoms with Gasteiger partial charge in [-0.05, 0) is 58.7 Å². The zero-order chi connectivity index (χ0) is 31.3. The van der Waals surface area contributed by atoms with Gasteiger partial charge in [0.25, 0.3) is 11.8 Å². The van der Waals surface area contributed by atoms with Crippen molar-refractivity contribution in [2.75, 3.05) is 13.7 Å². The quantitative estimate of drug-likeness (QED) is 0.115. The molecule has 0 saturated heterocycles. The third-order valence-corrected chi connectivity index (χ3v) is 9.24.